The maximum Gasteiger partial charge on any atom is 0.490 e. The second-order valence-corrected chi connectivity index (χ2v) is 5.80. The van der Waals surface area contributed by atoms with Crippen LogP contribution >= 0.6 is 11.6 Å². The van der Waals surface area contributed by atoms with Gasteiger partial charge in [-0.2, -0.15) is 13.2 Å². The highest BCUT2D eigenvalue weighted by Gasteiger charge is 2.38. The zero-order chi connectivity index (χ0) is 19.7. The molecule has 1 unspecified atom stereocenters. The number of aliphatic hydroxyl groups excluding tert-OH is 1. The van der Waals surface area contributed by atoms with Crippen molar-refractivity contribution >= 4 is 17.6 Å². The fourth-order valence-electron chi connectivity index (χ4n) is 2.00. The number of carboxylic acid groups (broad SMARTS) is 1. The number of nitrogens with one attached hydrogen (secondary N) is 1. The fraction of sp³-hybridized carbons (Fsp3) is 0.533. The number of ether oxygens (including phenoxy) is 1. The number of piperazine rings is 1. The summed E-state index contributed by atoms with van der Waals surface area (Å²) in [5, 5.41) is 20.3. The van der Waals surface area contributed by atoms with E-state index in [1.54, 1.807) is 6.07 Å². The van der Waals surface area contributed by atoms with Crippen molar-refractivity contribution in [2.45, 2.75) is 12.3 Å². The average molecular weight is 403 g/mol. The first-order chi connectivity index (χ1) is 12.1. The predicted molar refractivity (Wildman–Crippen MR) is 85.9 cm³/mol. The van der Waals surface area contributed by atoms with Crippen molar-refractivity contribution in [3.05, 3.63) is 29.0 Å². The molecule has 1 aromatic carbocycles. The summed E-state index contributed by atoms with van der Waals surface area (Å²) in [6.45, 7) is 4.44. The topological polar surface area (TPSA) is 82.0 Å². The third-order valence-electron chi connectivity index (χ3n) is 3.25. The third-order valence-corrected chi connectivity index (χ3v) is 3.56. The summed E-state index contributed by atoms with van der Waals surface area (Å²) in [5.41, 5.74) is 0. The van der Waals surface area contributed by atoms with Crippen molar-refractivity contribution < 1.29 is 37.3 Å². The molecule has 1 heterocycles. The van der Waals surface area contributed by atoms with Gasteiger partial charge in [-0.25, -0.2) is 9.18 Å². The van der Waals surface area contributed by atoms with Gasteiger partial charge in [0.2, 0.25) is 0 Å². The van der Waals surface area contributed by atoms with Crippen LogP contribution in [0.15, 0.2) is 18.2 Å². The minimum Gasteiger partial charge on any atom is -0.491 e. The lowest BCUT2D eigenvalue weighted by Gasteiger charge is -2.29. The van der Waals surface area contributed by atoms with E-state index in [9.17, 15) is 22.7 Å². The number of carboxylic acids is 1. The summed E-state index contributed by atoms with van der Waals surface area (Å²) in [5.74, 6) is -2.90. The lowest BCUT2D eigenvalue weighted by molar-refractivity contribution is -0.192. The average Bonchev–Trinajstić information content (AvgIpc) is 2.56. The number of carbonyl (C=O) groups is 1. The van der Waals surface area contributed by atoms with E-state index in [1.807, 2.05) is 0 Å². The van der Waals surface area contributed by atoms with Gasteiger partial charge in [0.25, 0.3) is 0 Å². The molecule has 6 nitrogen and oxygen atoms in total. The van der Waals surface area contributed by atoms with E-state index in [4.69, 9.17) is 26.2 Å². The van der Waals surface area contributed by atoms with Gasteiger partial charge in [-0.1, -0.05) is 11.6 Å². The quantitative estimate of drug-likeness (QED) is 0.651. The summed E-state index contributed by atoms with van der Waals surface area (Å²) < 4.78 is 50.3. The van der Waals surface area contributed by atoms with E-state index in [1.165, 1.54) is 12.1 Å². The number of rotatable bonds is 5. The molecule has 0 bridgehead atoms. The predicted octanol–water partition coefficient (Wildman–Crippen LogP) is 1.76. The molecule has 3 N–H and O–H groups in total. The summed E-state index contributed by atoms with van der Waals surface area (Å²) in [6.07, 6.45) is -5.67. The fourth-order valence-corrected chi connectivity index (χ4v) is 2.12. The van der Waals surface area contributed by atoms with Gasteiger partial charge in [0.1, 0.15) is 24.3 Å². The Morgan fingerprint density at radius 1 is 1.35 bits per heavy atom. The molecule has 0 aliphatic carbocycles. The smallest absolute Gasteiger partial charge is 0.490 e. The van der Waals surface area contributed by atoms with Crippen molar-refractivity contribution in [1.82, 2.24) is 10.2 Å². The van der Waals surface area contributed by atoms with Crippen LogP contribution in [0.25, 0.3) is 0 Å². The molecule has 1 aliphatic rings. The maximum atomic E-state index is 13.2. The van der Waals surface area contributed by atoms with Gasteiger partial charge in [0, 0.05) is 38.8 Å². The molecule has 1 fully saturated rings. The Labute approximate surface area is 152 Å². The molecule has 2 rings (SSSR count). The summed E-state index contributed by atoms with van der Waals surface area (Å²) in [6, 6.07) is 4.25. The van der Waals surface area contributed by atoms with Gasteiger partial charge in [0.15, 0.2) is 0 Å². The number of aliphatic hydroxyl groups is 1. The number of aliphatic carboxylic acids is 1. The summed E-state index contributed by atoms with van der Waals surface area (Å²) in [7, 11) is 0. The van der Waals surface area contributed by atoms with Gasteiger partial charge < -0.3 is 20.3 Å². The molecule has 1 aliphatic heterocycles. The van der Waals surface area contributed by atoms with Crippen molar-refractivity contribution in [2.24, 2.45) is 0 Å². The van der Waals surface area contributed by atoms with Gasteiger partial charge in [-0.05, 0) is 12.1 Å². The van der Waals surface area contributed by atoms with Crippen LogP contribution in [0.1, 0.15) is 0 Å². The monoisotopic (exact) mass is 402 g/mol. The Bertz CT molecular complexity index is 583. The van der Waals surface area contributed by atoms with Crippen molar-refractivity contribution in [3.8, 4) is 5.75 Å². The number of hydrogen-bond acceptors (Lipinski definition) is 5. The molecule has 0 saturated carbocycles. The van der Waals surface area contributed by atoms with Gasteiger partial charge in [-0.15, -0.1) is 0 Å². The highest BCUT2D eigenvalue weighted by Crippen LogP contribution is 2.20. The van der Waals surface area contributed by atoms with Crippen molar-refractivity contribution in [1.29, 1.82) is 0 Å². The largest absolute Gasteiger partial charge is 0.491 e. The molecule has 1 atom stereocenters. The second kappa shape index (κ2) is 10.5. The lowest BCUT2D eigenvalue weighted by Crippen LogP contribution is -2.47. The van der Waals surface area contributed by atoms with E-state index in [-0.39, 0.29) is 11.6 Å². The zero-order valence-electron chi connectivity index (χ0n) is 13.6. The Morgan fingerprint density at radius 2 is 1.92 bits per heavy atom. The summed E-state index contributed by atoms with van der Waals surface area (Å²) in [4.78, 5) is 11.1. The van der Waals surface area contributed by atoms with E-state index in [0.29, 0.717) is 12.3 Å². The van der Waals surface area contributed by atoms with Crippen LogP contribution < -0.4 is 10.1 Å². The molecule has 1 aromatic rings. The van der Waals surface area contributed by atoms with E-state index in [2.05, 4.69) is 10.2 Å². The molecule has 0 amide bonds. The normalized spacial score (nSPS) is 16.4. The van der Waals surface area contributed by atoms with Crippen molar-refractivity contribution in [3.63, 3.8) is 0 Å². The van der Waals surface area contributed by atoms with Crippen molar-refractivity contribution in [2.75, 3.05) is 39.3 Å². The van der Waals surface area contributed by atoms with Crippen LogP contribution in [0.4, 0.5) is 17.6 Å². The first kappa shape index (κ1) is 22.4. The van der Waals surface area contributed by atoms with Gasteiger partial charge in [-0.3, -0.25) is 4.90 Å². The first-order valence-electron chi connectivity index (χ1n) is 7.58. The molecular weight excluding hydrogens is 384 g/mol. The van der Waals surface area contributed by atoms with Crippen LogP contribution in [0.5, 0.6) is 5.75 Å². The minimum absolute atomic E-state index is 0.0636. The lowest BCUT2D eigenvalue weighted by atomic mass is 10.3. The molecule has 0 aromatic heterocycles. The second-order valence-electron chi connectivity index (χ2n) is 5.39. The molecule has 148 valence electrons. The maximum absolute atomic E-state index is 13.2. The number of β-amino-alcohol motifs (C(OH)–C–C–N with tert-alkyl or cyclic N) is 1. The van der Waals surface area contributed by atoms with Crippen LogP contribution in [-0.4, -0.2) is 72.7 Å². The molecule has 0 spiro atoms. The van der Waals surface area contributed by atoms with E-state index >= 15 is 0 Å². The summed E-state index contributed by atoms with van der Waals surface area (Å²) >= 11 is 5.58. The Balaban J connectivity index is 0.000000412. The number of hydrogen-bond donors (Lipinski definition) is 3. The Hall–Kier alpha value is -1.62. The highest BCUT2D eigenvalue weighted by atomic mass is 35.5. The van der Waals surface area contributed by atoms with Crippen LogP contribution in [0.3, 0.4) is 0 Å². The van der Waals surface area contributed by atoms with E-state index < -0.39 is 24.1 Å². The number of halogens is 5. The Kier molecular flexibility index (Phi) is 9.06. The minimum atomic E-state index is -5.08. The number of alkyl halides is 3. The first-order valence-corrected chi connectivity index (χ1v) is 7.96. The standard InChI is InChI=1S/C13H18ClFN2O2.C2HF3O2/c14-12-2-1-11(7-13(12)15)19-9-10(18)8-17-5-3-16-4-6-17;3-2(4,5)1(6)7/h1-2,7,10,16,18H,3-6,8-9H2;(H,6,7). The molecule has 26 heavy (non-hydrogen) atoms. The molecule has 0 radical (unpaired) electrons. The van der Waals surface area contributed by atoms with E-state index in [0.717, 1.165) is 26.2 Å². The van der Waals surface area contributed by atoms with Gasteiger partial charge >= 0.3 is 12.1 Å². The molecular formula is C15H19ClF4N2O4. The number of benzene rings is 1. The SMILES string of the molecule is O=C(O)C(F)(F)F.OC(COc1ccc(Cl)c(F)c1)CN1CCNCC1. The Morgan fingerprint density at radius 3 is 2.42 bits per heavy atom. The third kappa shape index (κ3) is 8.65. The van der Waals surface area contributed by atoms with Crippen LogP contribution in [0, 0.1) is 5.82 Å². The zero-order valence-corrected chi connectivity index (χ0v) is 14.4. The molecule has 1 saturated heterocycles. The van der Waals surface area contributed by atoms with Gasteiger partial charge in [0.05, 0.1) is 5.02 Å². The molecule has 11 heteroatoms. The van der Waals surface area contributed by atoms with Crippen LogP contribution in [-0.2, 0) is 4.79 Å². The number of nitrogens with zero attached hydrogens (tertiary/aromatic N) is 1. The van der Waals surface area contributed by atoms with Crippen LogP contribution in [0.2, 0.25) is 5.02 Å². The highest BCUT2D eigenvalue weighted by molar-refractivity contribution is 6.30.